The quantitative estimate of drug-likeness (QED) is 0.779. The van der Waals surface area contributed by atoms with Crippen LogP contribution in [0, 0.1) is 12.3 Å². The zero-order valence-corrected chi connectivity index (χ0v) is 11.7. The first kappa shape index (κ1) is 14.6. The normalized spacial score (nSPS) is 9.61. The van der Waals surface area contributed by atoms with E-state index in [-0.39, 0.29) is 19.1 Å². The molecule has 0 aliphatic rings. The first-order valence-electron chi connectivity index (χ1n) is 5.43. The van der Waals surface area contributed by atoms with E-state index in [4.69, 9.17) is 11.2 Å². The van der Waals surface area contributed by atoms with Gasteiger partial charge in [0, 0.05) is 23.6 Å². The third kappa shape index (κ3) is 4.78. The topological polar surface area (TPSA) is 50.4 Å². The Morgan fingerprint density at radius 3 is 3.00 bits per heavy atom. The highest BCUT2D eigenvalue weighted by atomic mass is 79.9. The Morgan fingerprint density at radius 2 is 2.33 bits per heavy atom. The average molecular weight is 311 g/mol. The van der Waals surface area contributed by atoms with Crippen molar-refractivity contribution in [2.45, 2.75) is 6.54 Å². The molecular weight excluding hydrogens is 296 g/mol. The second-order valence-electron chi connectivity index (χ2n) is 3.52. The Labute approximate surface area is 115 Å². The van der Waals surface area contributed by atoms with E-state index in [9.17, 15) is 4.79 Å². The minimum absolute atomic E-state index is 0.0592. The molecule has 0 unspecified atom stereocenters. The van der Waals surface area contributed by atoms with Crippen molar-refractivity contribution in [2.75, 3.05) is 20.2 Å². The Kier molecular flexibility index (Phi) is 6.26. The SMILES string of the molecule is C#CCOc1ccc(Br)cc1CNCC(=O)NC. The molecular formula is C13H15BrN2O2. The van der Waals surface area contributed by atoms with Crippen LogP contribution in [0.5, 0.6) is 5.75 Å². The highest BCUT2D eigenvalue weighted by Gasteiger charge is 2.05. The highest BCUT2D eigenvalue weighted by Crippen LogP contribution is 2.23. The van der Waals surface area contributed by atoms with Crippen molar-refractivity contribution in [1.82, 2.24) is 10.6 Å². The summed E-state index contributed by atoms with van der Waals surface area (Å²) in [6.45, 7) is 1.02. The Hall–Kier alpha value is -1.51. The van der Waals surface area contributed by atoms with Crippen molar-refractivity contribution < 1.29 is 9.53 Å². The van der Waals surface area contributed by atoms with E-state index < -0.39 is 0 Å². The summed E-state index contributed by atoms with van der Waals surface area (Å²) in [6, 6.07) is 5.66. The molecule has 0 atom stereocenters. The average Bonchev–Trinajstić information content (AvgIpc) is 2.37. The van der Waals surface area contributed by atoms with E-state index in [0.717, 1.165) is 15.8 Å². The molecule has 0 aromatic heterocycles. The summed E-state index contributed by atoms with van der Waals surface area (Å²) in [5, 5.41) is 5.57. The van der Waals surface area contributed by atoms with Gasteiger partial charge in [0.1, 0.15) is 12.4 Å². The monoisotopic (exact) mass is 310 g/mol. The second kappa shape index (κ2) is 7.75. The molecule has 1 aromatic carbocycles. The van der Waals surface area contributed by atoms with Gasteiger partial charge in [0.2, 0.25) is 5.91 Å². The van der Waals surface area contributed by atoms with Crippen LogP contribution in [-0.4, -0.2) is 26.1 Å². The first-order chi connectivity index (χ1) is 8.67. The van der Waals surface area contributed by atoms with Crippen LogP contribution in [0.15, 0.2) is 22.7 Å². The van der Waals surface area contributed by atoms with Crippen molar-refractivity contribution in [3.05, 3.63) is 28.2 Å². The fourth-order valence-corrected chi connectivity index (χ4v) is 1.75. The van der Waals surface area contributed by atoms with Gasteiger partial charge in [0.15, 0.2) is 0 Å². The highest BCUT2D eigenvalue weighted by molar-refractivity contribution is 9.10. The standard InChI is InChI=1S/C13H15BrN2O2/c1-3-6-18-12-5-4-11(14)7-10(12)8-16-9-13(17)15-2/h1,4-5,7,16H,6,8-9H2,2H3,(H,15,17). The number of nitrogens with one attached hydrogen (secondary N) is 2. The first-order valence-corrected chi connectivity index (χ1v) is 6.22. The molecule has 0 bridgehead atoms. The molecule has 0 fully saturated rings. The summed E-state index contributed by atoms with van der Waals surface area (Å²) in [7, 11) is 1.60. The Morgan fingerprint density at radius 1 is 1.56 bits per heavy atom. The molecule has 0 saturated carbocycles. The Bertz CT molecular complexity index is 455. The summed E-state index contributed by atoms with van der Waals surface area (Å²) in [5.74, 6) is 3.09. The molecule has 96 valence electrons. The molecule has 0 saturated heterocycles. The summed E-state index contributed by atoms with van der Waals surface area (Å²) in [5.41, 5.74) is 0.948. The van der Waals surface area contributed by atoms with Crippen molar-refractivity contribution in [1.29, 1.82) is 0 Å². The van der Waals surface area contributed by atoms with E-state index in [1.807, 2.05) is 18.2 Å². The van der Waals surface area contributed by atoms with E-state index in [0.29, 0.717) is 6.54 Å². The number of benzene rings is 1. The van der Waals surface area contributed by atoms with E-state index in [2.05, 4.69) is 32.5 Å². The zero-order valence-electron chi connectivity index (χ0n) is 10.1. The predicted molar refractivity (Wildman–Crippen MR) is 74.2 cm³/mol. The zero-order chi connectivity index (χ0) is 13.4. The molecule has 4 nitrogen and oxygen atoms in total. The number of likely N-dealkylation sites (N-methyl/N-ethyl adjacent to an activating group) is 1. The number of ether oxygens (including phenoxy) is 1. The molecule has 0 spiro atoms. The summed E-state index contributed by atoms with van der Waals surface area (Å²) in [4.78, 5) is 11.1. The van der Waals surface area contributed by atoms with Crippen molar-refractivity contribution in [2.24, 2.45) is 0 Å². The van der Waals surface area contributed by atoms with Gasteiger partial charge in [-0.05, 0) is 18.2 Å². The van der Waals surface area contributed by atoms with Crippen LogP contribution < -0.4 is 15.4 Å². The lowest BCUT2D eigenvalue weighted by Crippen LogP contribution is -2.31. The number of rotatable bonds is 6. The van der Waals surface area contributed by atoms with Gasteiger partial charge >= 0.3 is 0 Å². The molecule has 1 aromatic rings. The molecule has 1 rings (SSSR count). The van der Waals surface area contributed by atoms with Crippen molar-refractivity contribution >= 4 is 21.8 Å². The van der Waals surface area contributed by atoms with Gasteiger partial charge in [-0.15, -0.1) is 6.42 Å². The summed E-state index contributed by atoms with van der Waals surface area (Å²) in [6.07, 6.45) is 5.16. The maximum Gasteiger partial charge on any atom is 0.233 e. The summed E-state index contributed by atoms with van der Waals surface area (Å²) >= 11 is 3.40. The van der Waals surface area contributed by atoms with Crippen LogP contribution in [-0.2, 0) is 11.3 Å². The van der Waals surface area contributed by atoms with Crippen molar-refractivity contribution in [3.8, 4) is 18.1 Å². The largest absolute Gasteiger partial charge is 0.481 e. The smallest absolute Gasteiger partial charge is 0.233 e. The van der Waals surface area contributed by atoms with Crippen LogP contribution in [0.4, 0.5) is 0 Å². The van der Waals surface area contributed by atoms with Gasteiger partial charge in [0.05, 0.1) is 6.54 Å². The number of hydrogen-bond acceptors (Lipinski definition) is 3. The molecule has 0 radical (unpaired) electrons. The van der Waals surface area contributed by atoms with Crippen LogP contribution in [0.25, 0.3) is 0 Å². The maximum absolute atomic E-state index is 11.1. The minimum atomic E-state index is -0.0592. The third-order valence-electron chi connectivity index (χ3n) is 2.21. The van der Waals surface area contributed by atoms with Gasteiger partial charge in [0.25, 0.3) is 0 Å². The van der Waals surface area contributed by atoms with Crippen LogP contribution in [0.2, 0.25) is 0 Å². The second-order valence-corrected chi connectivity index (χ2v) is 4.44. The van der Waals surface area contributed by atoms with E-state index in [1.165, 1.54) is 0 Å². The van der Waals surface area contributed by atoms with Gasteiger partial charge in [-0.1, -0.05) is 21.9 Å². The molecule has 1 amide bonds. The minimum Gasteiger partial charge on any atom is -0.481 e. The summed E-state index contributed by atoms with van der Waals surface area (Å²) < 4.78 is 6.38. The molecule has 0 aliphatic heterocycles. The number of carbonyl (C=O) groups is 1. The third-order valence-corrected chi connectivity index (χ3v) is 2.71. The number of halogens is 1. The molecule has 5 heteroatoms. The number of hydrogen-bond donors (Lipinski definition) is 2. The predicted octanol–water partition coefficient (Wildman–Crippen LogP) is 1.30. The van der Waals surface area contributed by atoms with Gasteiger partial charge in [-0.3, -0.25) is 4.79 Å². The van der Waals surface area contributed by atoms with Gasteiger partial charge in [-0.25, -0.2) is 0 Å². The van der Waals surface area contributed by atoms with Gasteiger partial charge < -0.3 is 15.4 Å². The van der Waals surface area contributed by atoms with E-state index >= 15 is 0 Å². The number of carbonyl (C=O) groups excluding carboxylic acids is 1. The van der Waals surface area contributed by atoms with Crippen molar-refractivity contribution in [3.63, 3.8) is 0 Å². The lowest BCUT2D eigenvalue weighted by atomic mass is 10.2. The fourth-order valence-electron chi connectivity index (χ4n) is 1.35. The maximum atomic E-state index is 11.1. The molecule has 18 heavy (non-hydrogen) atoms. The number of terminal acetylenes is 1. The lowest BCUT2D eigenvalue weighted by Gasteiger charge is -2.11. The van der Waals surface area contributed by atoms with Gasteiger partial charge in [-0.2, -0.15) is 0 Å². The van der Waals surface area contributed by atoms with E-state index in [1.54, 1.807) is 7.05 Å². The van der Waals surface area contributed by atoms with Crippen LogP contribution >= 0.6 is 15.9 Å². The van der Waals surface area contributed by atoms with Crippen LogP contribution in [0.3, 0.4) is 0 Å². The van der Waals surface area contributed by atoms with Crippen LogP contribution in [0.1, 0.15) is 5.56 Å². The molecule has 0 aliphatic carbocycles. The molecule has 2 N–H and O–H groups in total. The fraction of sp³-hybridized carbons (Fsp3) is 0.308. The Balaban J connectivity index is 2.64. The lowest BCUT2D eigenvalue weighted by molar-refractivity contribution is -0.119. The molecule has 0 heterocycles. The number of amides is 1.